The molecule has 0 bridgehead atoms. The first-order chi connectivity index (χ1) is 14.1. The maximum atomic E-state index is 12.4. The molecule has 2 aromatic carbocycles. The molecule has 5 heteroatoms. The molecule has 5 nitrogen and oxygen atoms in total. The number of benzene rings is 2. The third-order valence-electron chi connectivity index (χ3n) is 4.57. The maximum absolute atomic E-state index is 12.4. The molecule has 0 saturated carbocycles. The van der Waals surface area contributed by atoms with Gasteiger partial charge >= 0.3 is 5.97 Å². The molecule has 2 aromatic rings. The lowest BCUT2D eigenvalue weighted by Crippen LogP contribution is -2.28. The van der Waals surface area contributed by atoms with Crippen LogP contribution in [0.25, 0.3) is 0 Å². The summed E-state index contributed by atoms with van der Waals surface area (Å²) in [6, 6.07) is 18.8. The Morgan fingerprint density at radius 3 is 2.41 bits per heavy atom. The minimum atomic E-state index is -0.650. The van der Waals surface area contributed by atoms with Crippen LogP contribution >= 0.6 is 0 Å². The normalized spacial score (nSPS) is 15.9. The molecule has 0 amide bonds. The van der Waals surface area contributed by atoms with E-state index in [2.05, 4.69) is 11.8 Å². The lowest BCUT2D eigenvalue weighted by atomic mass is 10.1. The minimum absolute atomic E-state index is 0.262. The van der Waals surface area contributed by atoms with E-state index in [0.29, 0.717) is 38.2 Å². The fourth-order valence-corrected chi connectivity index (χ4v) is 2.98. The lowest BCUT2D eigenvalue weighted by Gasteiger charge is -2.23. The Kier molecular flexibility index (Phi) is 7.83. The third kappa shape index (κ3) is 7.03. The highest BCUT2D eigenvalue weighted by Crippen LogP contribution is 2.25. The van der Waals surface area contributed by atoms with Gasteiger partial charge in [-0.1, -0.05) is 60.4 Å². The largest absolute Gasteiger partial charge is 0.446 e. The molecule has 29 heavy (non-hydrogen) atoms. The van der Waals surface area contributed by atoms with E-state index in [-0.39, 0.29) is 6.61 Å². The summed E-state index contributed by atoms with van der Waals surface area (Å²) in [7, 11) is 0. The van der Waals surface area contributed by atoms with Crippen LogP contribution in [0.5, 0.6) is 0 Å². The summed E-state index contributed by atoms with van der Waals surface area (Å²) in [6.45, 7) is 3.79. The molecule has 0 N–H and O–H groups in total. The summed E-state index contributed by atoms with van der Waals surface area (Å²) in [5.41, 5.74) is 1.59. The summed E-state index contributed by atoms with van der Waals surface area (Å²) in [5.74, 6) is 4.94. The van der Waals surface area contributed by atoms with Crippen LogP contribution in [-0.2, 0) is 25.6 Å². The summed E-state index contributed by atoms with van der Waals surface area (Å²) in [4.78, 5) is 12.4. The van der Waals surface area contributed by atoms with Crippen molar-refractivity contribution in [2.45, 2.75) is 38.3 Å². The monoisotopic (exact) mass is 394 g/mol. The Hall–Kier alpha value is -2.65. The van der Waals surface area contributed by atoms with Gasteiger partial charge in [0, 0.05) is 12.8 Å². The maximum Gasteiger partial charge on any atom is 0.339 e. The predicted molar refractivity (Wildman–Crippen MR) is 109 cm³/mol. The average molecular weight is 394 g/mol. The zero-order valence-electron chi connectivity index (χ0n) is 16.6. The summed E-state index contributed by atoms with van der Waals surface area (Å²) >= 11 is 0. The number of carbonyl (C=O) groups excluding carboxylic acids is 1. The molecule has 152 valence electrons. The zero-order chi connectivity index (χ0) is 20.4. The van der Waals surface area contributed by atoms with Gasteiger partial charge in [0.1, 0.15) is 6.61 Å². The highest BCUT2D eigenvalue weighted by Gasteiger charge is 2.31. The molecule has 1 atom stereocenters. The summed E-state index contributed by atoms with van der Waals surface area (Å²) < 4.78 is 22.5. The van der Waals surface area contributed by atoms with Crippen molar-refractivity contribution in [3.8, 4) is 11.8 Å². The molecule has 1 saturated heterocycles. The topological polar surface area (TPSA) is 54.0 Å². The van der Waals surface area contributed by atoms with Crippen LogP contribution in [-0.4, -0.2) is 37.7 Å². The smallest absolute Gasteiger partial charge is 0.339 e. The van der Waals surface area contributed by atoms with Gasteiger partial charge in [-0.3, -0.25) is 0 Å². The van der Waals surface area contributed by atoms with Gasteiger partial charge in [-0.2, -0.15) is 0 Å². The van der Waals surface area contributed by atoms with Crippen molar-refractivity contribution in [2.24, 2.45) is 0 Å². The van der Waals surface area contributed by atoms with Gasteiger partial charge < -0.3 is 18.9 Å². The van der Waals surface area contributed by atoms with Crippen LogP contribution in [0.2, 0.25) is 0 Å². The predicted octanol–water partition coefficient (Wildman–Crippen LogP) is 3.98. The Balaban J connectivity index is 1.55. The van der Waals surface area contributed by atoms with E-state index in [1.807, 2.05) is 43.3 Å². The van der Waals surface area contributed by atoms with Gasteiger partial charge in [0.15, 0.2) is 11.9 Å². The first-order valence-electron chi connectivity index (χ1n) is 9.79. The van der Waals surface area contributed by atoms with Crippen molar-refractivity contribution in [3.05, 3.63) is 71.8 Å². The molecule has 0 radical (unpaired) electrons. The van der Waals surface area contributed by atoms with Gasteiger partial charge in [0.25, 0.3) is 0 Å². The van der Waals surface area contributed by atoms with E-state index >= 15 is 0 Å². The lowest BCUT2D eigenvalue weighted by molar-refractivity contribution is -0.150. The number of carbonyl (C=O) groups is 1. The zero-order valence-corrected chi connectivity index (χ0v) is 16.6. The van der Waals surface area contributed by atoms with E-state index in [1.165, 1.54) is 0 Å². The van der Waals surface area contributed by atoms with Crippen molar-refractivity contribution < 1.29 is 23.7 Å². The standard InChI is InChI=1S/C24H26O5/c1-24(27-17-18-28-24)15-14-22(29-23(25)21-11-6-3-7-12-21)13-8-16-26-19-20-9-4-2-5-10-20/h2-7,9-12,22H,14-19H2,1H3. The fourth-order valence-electron chi connectivity index (χ4n) is 2.98. The molecule has 1 fully saturated rings. The van der Waals surface area contributed by atoms with Gasteiger partial charge in [0.2, 0.25) is 0 Å². The van der Waals surface area contributed by atoms with Crippen molar-refractivity contribution in [3.63, 3.8) is 0 Å². The number of esters is 1. The van der Waals surface area contributed by atoms with Crippen molar-refractivity contribution in [1.82, 2.24) is 0 Å². The Morgan fingerprint density at radius 1 is 1.07 bits per heavy atom. The van der Waals surface area contributed by atoms with Crippen LogP contribution in [0, 0.1) is 11.8 Å². The van der Waals surface area contributed by atoms with E-state index in [9.17, 15) is 4.79 Å². The number of hydrogen-bond donors (Lipinski definition) is 0. The van der Waals surface area contributed by atoms with Crippen LogP contribution in [0.3, 0.4) is 0 Å². The second-order valence-electron chi connectivity index (χ2n) is 6.93. The van der Waals surface area contributed by atoms with Crippen molar-refractivity contribution in [1.29, 1.82) is 0 Å². The Labute approximate surface area is 171 Å². The number of ether oxygens (including phenoxy) is 4. The molecular formula is C24H26O5. The van der Waals surface area contributed by atoms with Gasteiger partial charge in [-0.15, -0.1) is 0 Å². The molecule has 1 aliphatic rings. The van der Waals surface area contributed by atoms with E-state index in [4.69, 9.17) is 18.9 Å². The van der Waals surface area contributed by atoms with Crippen molar-refractivity contribution in [2.75, 3.05) is 19.8 Å². The van der Waals surface area contributed by atoms with Crippen molar-refractivity contribution >= 4 is 5.97 Å². The van der Waals surface area contributed by atoms with Gasteiger partial charge in [-0.25, -0.2) is 4.79 Å². The quantitative estimate of drug-likeness (QED) is 0.385. The Morgan fingerprint density at radius 2 is 1.72 bits per heavy atom. The highest BCUT2D eigenvalue weighted by molar-refractivity contribution is 5.89. The molecule has 0 spiro atoms. The average Bonchev–Trinajstić information content (AvgIpc) is 3.19. The molecule has 1 heterocycles. The molecular weight excluding hydrogens is 368 g/mol. The van der Waals surface area contributed by atoms with Crippen LogP contribution in [0.4, 0.5) is 0 Å². The molecule has 0 aliphatic carbocycles. The molecule has 3 rings (SSSR count). The van der Waals surface area contributed by atoms with E-state index in [0.717, 1.165) is 5.56 Å². The number of hydrogen-bond acceptors (Lipinski definition) is 5. The van der Waals surface area contributed by atoms with Crippen LogP contribution in [0.1, 0.15) is 35.7 Å². The summed E-state index contributed by atoms with van der Waals surface area (Å²) in [5, 5.41) is 0. The van der Waals surface area contributed by atoms with Crippen LogP contribution in [0.15, 0.2) is 60.7 Å². The van der Waals surface area contributed by atoms with Gasteiger partial charge in [0.05, 0.1) is 25.4 Å². The van der Waals surface area contributed by atoms with E-state index in [1.54, 1.807) is 24.3 Å². The second-order valence-corrected chi connectivity index (χ2v) is 6.93. The molecule has 1 aliphatic heterocycles. The molecule has 0 aromatic heterocycles. The Bertz CT molecular complexity index is 817. The number of rotatable bonds is 8. The minimum Gasteiger partial charge on any atom is -0.446 e. The van der Waals surface area contributed by atoms with Crippen LogP contribution < -0.4 is 0 Å². The third-order valence-corrected chi connectivity index (χ3v) is 4.57. The first kappa shape index (κ1) is 21.1. The SMILES string of the molecule is CC1(CCC(C#CCOCc2ccccc2)OC(=O)c2ccccc2)OCCO1. The van der Waals surface area contributed by atoms with Gasteiger partial charge in [-0.05, 0) is 24.6 Å². The molecule has 1 unspecified atom stereocenters. The summed E-state index contributed by atoms with van der Waals surface area (Å²) in [6.07, 6.45) is 0.535. The first-order valence-corrected chi connectivity index (χ1v) is 9.79. The second kappa shape index (κ2) is 10.8. The van der Waals surface area contributed by atoms with E-state index < -0.39 is 17.9 Å². The highest BCUT2D eigenvalue weighted by atomic mass is 16.7. The fraction of sp³-hybridized carbons (Fsp3) is 0.375.